The van der Waals surface area contributed by atoms with Crippen molar-refractivity contribution < 1.29 is 0 Å². The van der Waals surface area contributed by atoms with E-state index in [0.29, 0.717) is 0 Å². The van der Waals surface area contributed by atoms with E-state index in [1.165, 1.54) is 0 Å². The molecule has 0 aliphatic heterocycles. The molecule has 4 rings (SSSR count). The maximum absolute atomic E-state index is 4.64. The highest BCUT2D eigenvalue weighted by molar-refractivity contribution is 9.10. The van der Waals surface area contributed by atoms with Gasteiger partial charge < -0.3 is 8.97 Å². The number of pyridine rings is 2. The molecule has 0 N–H and O–H groups in total. The number of halogens is 1. The number of aromatic nitrogens is 6. The van der Waals surface area contributed by atoms with E-state index in [-0.39, 0.29) is 0 Å². The summed E-state index contributed by atoms with van der Waals surface area (Å²) < 4.78 is 5.17. The van der Waals surface area contributed by atoms with Crippen LogP contribution in [0.2, 0.25) is 0 Å². The summed E-state index contributed by atoms with van der Waals surface area (Å²) in [4.78, 5) is 8.70. The molecule has 0 atom stereocenters. The van der Waals surface area contributed by atoms with Gasteiger partial charge in [-0.05, 0) is 47.1 Å². The van der Waals surface area contributed by atoms with Crippen molar-refractivity contribution in [2.45, 2.75) is 24.4 Å². The van der Waals surface area contributed by atoms with Crippen molar-refractivity contribution in [3.05, 3.63) is 59.2 Å². The third kappa shape index (κ3) is 3.32. The van der Waals surface area contributed by atoms with Gasteiger partial charge in [-0.3, -0.25) is 4.98 Å². The van der Waals surface area contributed by atoms with E-state index < -0.39 is 0 Å². The molecular weight excluding hydrogens is 400 g/mol. The first-order chi connectivity index (χ1) is 12.2. The van der Waals surface area contributed by atoms with E-state index in [1.54, 1.807) is 24.2 Å². The number of rotatable bonds is 5. The van der Waals surface area contributed by atoms with Gasteiger partial charge in [0.05, 0.1) is 5.69 Å². The van der Waals surface area contributed by atoms with Crippen molar-refractivity contribution in [1.29, 1.82) is 0 Å². The Labute approximate surface area is 157 Å². The molecule has 4 heterocycles. The molecule has 0 spiro atoms. The Kier molecular flexibility index (Phi) is 4.54. The van der Waals surface area contributed by atoms with Crippen molar-refractivity contribution in [3.63, 3.8) is 0 Å². The predicted octanol–water partition coefficient (Wildman–Crippen LogP) is 4.06. The van der Waals surface area contributed by atoms with Crippen LogP contribution in [0.3, 0.4) is 0 Å². The first kappa shape index (κ1) is 16.3. The largest absolute Gasteiger partial charge is 0.306 e. The lowest BCUT2D eigenvalue weighted by molar-refractivity contribution is 0.687. The summed E-state index contributed by atoms with van der Waals surface area (Å²) >= 11 is 5.13. The molecular formula is C17H15BrN6S. The minimum Gasteiger partial charge on any atom is -0.306 e. The SMILES string of the molecule is CCn1c(SCc2cn3cc(Br)ccc3n2)nnc1-c1ccncc1. The number of nitrogens with zero attached hydrogens (tertiary/aromatic N) is 6. The number of thioether (sulfide) groups is 1. The Morgan fingerprint density at radius 2 is 1.92 bits per heavy atom. The molecule has 6 nitrogen and oxygen atoms in total. The highest BCUT2D eigenvalue weighted by atomic mass is 79.9. The van der Waals surface area contributed by atoms with Gasteiger partial charge >= 0.3 is 0 Å². The predicted molar refractivity (Wildman–Crippen MR) is 101 cm³/mol. The van der Waals surface area contributed by atoms with Crippen molar-refractivity contribution in [2.75, 3.05) is 0 Å². The van der Waals surface area contributed by atoms with Gasteiger partial charge in [-0.25, -0.2) is 4.98 Å². The lowest BCUT2D eigenvalue weighted by Crippen LogP contribution is -2.00. The van der Waals surface area contributed by atoms with Crippen LogP contribution in [0.25, 0.3) is 17.0 Å². The molecule has 8 heteroatoms. The fourth-order valence-corrected chi connectivity index (χ4v) is 3.86. The topological polar surface area (TPSA) is 60.9 Å². The summed E-state index contributed by atoms with van der Waals surface area (Å²) in [5.74, 6) is 1.61. The van der Waals surface area contributed by atoms with Crippen LogP contribution in [0, 0.1) is 0 Å². The smallest absolute Gasteiger partial charge is 0.191 e. The molecule has 0 bridgehead atoms. The van der Waals surface area contributed by atoms with E-state index in [4.69, 9.17) is 0 Å². The summed E-state index contributed by atoms with van der Waals surface area (Å²) in [6.45, 7) is 2.91. The normalized spacial score (nSPS) is 11.3. The van der Waals surface area contributed by atoms with Crippen molar-refractivity contribution in [2.24, 2.45) is 0 Å². The molecule has 0 aromatic carbocycles. The van der Waals surface area contributed by atoms with Crippen LogP contribution in [0.4, 0.5) is 0 Å². The van der Waals surface area contributed by atoms with Crippen LogP contribution in [0.5, 0.6) is 0 Å². The second-order valence-corrected chi connectivity index (χ2v) is 7.28. The lowest BCUT2D eigenvalue weighted by atomic mass is 10.2. The molecule has 0 aliphatic rings. The highest BCUT2D eigenvalue weighted by Crippen LogP contribution is 2.26. The second-order valence-electron chi connectivity index (χ2n) is 5.42. The van der Waals surface area contributed by atoms with Gasteiger partial charge in [-0.1, -0.05) is 11.8 Å². The van der Waals surface area contributed by atoms with Crippen LogP contribution in [0.1, 0.15) is 12.6 Å². The summed E-state index contributed by atoms with van der Waals surface area (Å²) in [6.07, 6.45) is 7.59. The Bertz CT molecular complexity index is 1010. The minimum absolute atomic E-state index is 0.744. The molecule has 4 aromatic rings. The van der Waals surface area contributed by atoms with Gasteiger partial charge in [0.1, 0.15) is 5.65 Å². The minimum atomic E-state index is 0.744. The molecule has 25 heavy (non-hydrogen) atoms. The average molecular weight is 415 g/mol. The standard InChI is InChI=1S/C17H15BrN6S/c1-2-24-16(12-5-7-19-8-6-12)21-22-17(24)25-11-14-10-23-9-13(18)3-4-15(23)20-14/h3-10H,2,11H2,1H3. The maximum atomic E-state index is 4.64. The Hall–Kier alpha value is -2.19. The Morgan fingerprint density at radius 1 is 1.08 bits per heavy atom. The molecule has 0 aliphatic carbocycles. The van der Waals surface area contributed by atoms with Crippen LogP contribution in [-0.4, -0.2) is 29.1 Å². The second kappa shape index (κ2) is 6.97. The quantitative estimate of drug-likeness (QED) is 0.460. The van der Waals surface area contributed by atoms with Gasteiger partial charge in [0.2, 0.25) is 0 Å². The van der Waals surface area contributed by atoms with Gasteiger partial charge in [0, 0.05) is 47.1 Å². The zero-order valence-corrected chi connectivity index (χ0v) is 15.9. The van der Waals surface area contributed by atoms with Crippen molar-refractivity contribution in [3.8, 4) is 11.4 Å². The number of hydrogen-bond acceptors (Lipinski definition) is 5. The molecule has 0 radical (unpaired) electrons. The van der Waals surface area contributed by atoms with E-state index >= 15 is 0 Å². The molecule has 126 valence electrons. The molecule has 0 saturated heterocycles. The van der Waals surface area contributed by atoms with Gasteiger partial charge in [-0.2, -0.15) is 0 Å². The molecule has 0 amide bonds. The van der Waals surface area contributed by atoms with Gasteiger partial charge in [0.15, 0.2) is 11.0 Å². The van der Waals surface area contributed by atoms with E-state index in [9.17, 15) is 0 Å². The van der Waals surface area contributed by atoms with Crippen molar-refractivity contribution >= 4 is 33.3 Å². The average Bonchev–Trinajstić information content (AvgIpc) is 3.23. The highest BCUT2D eigenvalue weighted by Gasteiger charge is 2.13. The third-order valence-electron chi connectivity index (χ3n) is 3.79. The van der Waals surface area contributed by atoms with E-state index in [1.807, 2.05) is 41.1 Å². The first-order valence-corrected chi connectivity index (χ1v) is 9.62. The number of fused-ring (bicyclic) bond motifs is 1. The van der Waals surface area contributed by atoms with E-state index in [2.05, 4.69) is 47.6 Å². The fourth-order valence-electron chi connectivity index (χ4n) is 2.62. The zero-order chi connectivity index (χ0) is 17.2. The van der Waals surface area contributed by atoms with Crippen LogP contribution in [-0.2, 0) is 12.3 Å². The van der Waals surface area contributed by atoms with Crippen LogP contribution < -0.4 is 0 Å². The Balaban J connectivity index is 1.57. The monoisotopic (exact) mass is 414 g/mol. The summed E-state index contributed by atoms with van der Waals surface area (Å²) in [5, 5.41) is 9.61. The maximum Gasteiger partial charge on any atom is 0.191 e. The number of imidazole rings is 1. The molecule has 0 saturated carbocycles. The summed E-state index contributed by atoms with van der Waals surface area (Å²) in [5.41, 5.74) is 2.97. The van der Waals surface area contributed by atoms with Gasteiger partial charge in [0.25, 0.3) is 0 Å². The van der Waals surface area contributed by atoms with E-state index in [0.717, 1.165) is 44.7 Å². The molecule has 0 fully saturated rings. The van der Waals surface area contributed by atoms with Crippen molar-refractivity contribution in [1.82, 2.24) is 29.1 Å². The number of hydrogen-bond donors (Lipinski definition) is 0. The summed E-state index contributed by atoms with van der Waals surface area (Å²) in [6, 6.07) is 7.89. The first-order valence-electron chi connectivity index (χ1n) is 7.84. The zero-order valence-electron chi connectivity index (χ0n) is 13.5. The Morgan fingerprint density at radius 3 is 2.72 bits per heavy atom. The lowest BCUT2D eigenvalue weighted by Gasteiger charge is -2.06. The third-order valence-corrected chi connectivity index (χ3v) is 5.26. The molecule has 4 aromatic heterocycles. The molecule has 0 unspecified atom stereocenters. The van der Waals surface area contributed by atoms with Crippen LogP contribution in [0.15, 0.2) is 58.7 Å². The van der Waals surface area contributed by atoms with Crippen LogP contribution >= 0.6 is 27.7 Å². The fraction of sp³-hybridized carbons (Fsp3) is 0.176. The van der Waals surface area contributed by atoms with Gasteiger partial charge in [-0.15, -0.1) is 10.2 Å². The summed E-state index contributed by atoms with van der Waals surface area (Å²) in [7, 11) is 0.